The Morgan fingerprint density at radius 3 is 2.22 bits per heavy atom. The van der Waals surface area contributed by atoms with Crippen LogP contribution >= 0.6 is 11.8 Å². The van der Waals surface area contributed by atoms with Crippen LogP contribution in [-0.4, -0.2) is 58.9 Å². The monoisotopic (exact) mass is 526 g/mol. The lowest BCUT2D eigenvalue weighted by molar-refractivity contribution is -0.120. The Bertz CT molecular complexity index is 1260. The Hall–Kier alpha value is -3.34. The van der Waals surface area contributed by atoms with Crippen molar-refractivity contribution in [3.05, 3.63) is 84.4 Å². The topological polar surface area (TPSA) is 108 Å². The molecule has 0 spiro atoms. The minimum atomic E-state index is -3.88. The molecule has 0 aliphatic heterocycles. The fourth-order valence-corrected chi connectivity index (χ4v) is 5.26. The van der Waals surface area contributed by atoms with Crippen LogP contribution in [0.3, 0.4) is 0 Å². The summed E-state index contributed by atoms with van der Waals surface area (Å²) in [6.07, 6.45) is 0.812. The van der Waals surface area contributed by atoms with Crippen molar-refractivity contribution in [2.45, 2.75) is 21.1 Å². The van der Waals surface area contributed by atoms with Gasteiger partial charge in [-0.25, -0.2) is 8.42 Å². The summed E-state index contributed by atoms with van der Waals surface area (Å²) in [5.41, 5.74) is 0.721. The van der Waals surface area contributed by atoms with Crippen molar-refractivity contribution in [3.63, 3.8) is 0 Å². The third-order valence-corrected chi connectivity index (χ3v) is 7.51. The van der Waals surface area contributed by atoms with Gasteiger partial charge >= 0.3 is 0 Å². The third kappa shape index (κ3) is 8.40. The van der Waals surface area contributed by atoms with Crippen LogP contribution in [0.5, 0.6) is 0 Å². The lowest BCUT2D eigenvalue weighted by atomic mass is 10.2. The van der Waals surface area contributed by atoms with Crippen LogP contribution < -0.4 is 15.4 Å². The number of carbonyl (C=O) groups excluding carboxylic acids is 2. The molecule has 0 bridgehead atoms. The number of carbonyl (C=O) groups is 2. The van der Waals surface area contributed by atoms with Crippen LogP contribution in [0.4, 0.5) is 5.69 Å². The molecule has 3 rings (SSSR count). The number of nitrogens with zero attached hydrogens (tertiary/aromatic N) is 1. The molecule has 10 heteroatoms. The first kappa shape index (κ1) is 27.3. The molecule has 190 valence electrons. The van der Waals surface area contributed by atoms with Gasteiger partial charge in [-0.15, -0.1) is 0 Å². The van der Waals surface area contributed by atoms with Crippen molar-refractivity contribution < 1.29 is 18.0 Å². The highest BCUT2D eigenvalue weighted by atomic mass is 32.2. The third-order valence-electron chi connectivity index (χ3n) is 5.04. The number of rotatable bonds is 12. The Morgan fingerprint density at radius 2 is 1.53 bits per heavy atom. The zero-order chi connectivity index (χ0) is 26.0. The number of anilines is 1. The summed E-state index contributed by atoms with van der Waals surface area (Å²) >= 11 is 1.46. The fourth-order valence-electron chi connectivity index (χ4n) is 3.19. The van der Waals surface area contributed by atoms with Gasteiger partial charge in [0, 0.05) is 21.9 Å². The maximum atomic E-state index is 13.0. The van der Waals surface area contributed by atoms with Crippen LogP contribution in [-0.2, 0) is 14.8 Å². The van der Waals surface area contributed by atoms with Gasteiger partial charge in [0.25, 0.3) is 15.9 Å². The number of sulfonamides is 1. The number of para-hydroxylation sites is 1. The van der Waals surface area contributed by atoms with Crippen molar-refractivity contribution in [1.82, 2.24) is 15.5 Å². The predicted molar refractivity (Wildman–Crippen MR) is 143 cm³/mol. The van der Waals surface area contributed by atoms with Gasteiger partial charge in [-0.2, -0.15) is 0 Å². The van der Waals surface area contributed by atoms with Gasteiger partial charge in [0.05, 0.1) is 17.1 Å². The summed E-state index contributed by atoms with van der Waals surface area (Å²) in [6, 6.07) is 22.4. The lowest BCUT2D eigenvalue weighted by Crippen LogP contribution is -2.37. The lowest BCUT2D eigenvalue weighted by Gasteiger charge is -2.13. The molecule has 0 fully saturated rings. The molecule has 0 aliphatic rings. The zero-order valence-electron chi connectivity index (χ0n) is 20.2. The van der Waals surface area contributed by atoms with Gasteiger partial charge in [0.2, 0.25) is 5.91 Å². The molecule has 0 heterocycles. The van der Waals surface area contributed by atoms with Gasteiger partial charge < -0.3 is 15.5 Å². The quantitative estimate of drug-likeness (QED) is 0.312. The summed E-state index contributed by atoms with van der Waals surface area (Å²) in [5, 5.41) is 5.29. The zero-order valence-corrected chi connectivity index (χ0v) is 21.9. The number of hydrogen-bond donors (Lipinski definition) is 3. The molecule has 0 radical (unpaired) electrons. The Labute approximate surface area is 216 Å². The average molecular weight is 527 g/mol. The minimum Gasteiger partial charge on any atom is -0.355 e. The summed E-state index contributed by atoms with van der Waals surface area (Å²) in [6.45, 7) is 1.23. The summed E-state index contributed by atoms with van der Waals surface area (Å²) in [4.78, 5) is 28.1. The second-order valence-electron chi connectivity index (χ2n) is 8.23. The van der Waals surface area contributed by atoms with Crippen molar-refractivity contribution in [3.8, 4) is 0 Å². The van der Waals surface area contributed by atoms with E-state index in [0.717, 1.165) is 22.8 Å². The van der Waals surface area contributed by atoms with E-state index < -0.39 is 15.9 Å². The van der Waals surface area contributed by atoms with E-state index in [9.17, 15) is 18.0 Å². The van der Waals surface area contributed by atoms with E-state index in [1.54, 1.807) is 12.1 Å². The van der Waals surface area contributed by atoms with Gasteiger partial charge in [0.15, 0.2) is 0 Å². The number of hydrogen-bond acceptors (Lipinski definition) is 6. The van der Waals surface area contributed by atoms with E-state index in [-0.39, 0.29) is 22.9 Å². The highest BCUT2D eigenvalue weighted by molar-refractivity contribution is 7.99. The molecule has 0 aliphatic carbocycles. The summed E-state index contributed by atoms with van der Waals surface area (Å²) in [5.74, 6) is -0.738. The molecule has 0 unspecified atom stereocenters. The summed E-state index contributed by atoms with van der Waals surface area (Å²) < 4.78 is 28.6. The first-order valence-electron chi connectivity index (χ1n) is 11.4. The van der Waals surface area contributed by atoms with Gasteiger partial charge in [-0.1, -0.05) is 42.1 Å². The molecule has 0 saturated heterocycles. The normalized spacial score (nSPS) is 11.2. The number of nitrogens with one attached hydrogen (secondary N) is 3. The maximum absolute atomic E-state index is 13.0. The molecular formula is C26H30N4O4S2. The second-order valence-corrected chi connectivity index (χ2v) is 11.0. The molecule has 0 saturated carbocycles. The standard InChI is InChI=1S/C26H30N4O4S2/c1-30(2)18-8-17-27-25(31)19-28-26(32)20-13-15-22(16-14-20)36(33,34)29-23-11-6-7-12-24(23)35-21-9-4-3-5-10-21/h3-7,9-16,29H,8,17-19H2,1-2H3,(H,27,31)(H,28,32). The van der Waals surface area contributed by atoms with E-state index in [2.05, 4.69) is 15.4 Å². The van der Waals surface area contributed by atoms with Crippen molar-refractivity contribution in [2.24, 2.45) is 0 Å². The molecule has 2 amide bonds. The van der Waals surface area contributed by atoms with Crippen molar-refractivity contribution in [1.29, 1.82) is 0 Å². The molecule has 3 aromatic rings. The van der Waals surface area contributed by atoms with Crippen LogP contribution in [0, 0.1) is 0 Å². The van der Waals surface area contributed by atoms with Crippen LogP contribution in [0.15, 0.2) is 93.5 Å². The second kappa shape index (κ2) is 13.1. The van der Waals surface area contributed by atoms with Crippen molar-refractivity contribution in [2.75, 3.05) is 38.5 Å². The SMILES string of the molecule is CN(C)CCCNC(=O)CNC(=O)c1ccc(S(=O)(=O)Nc2ccccc2Sc2ccccc2)cc1. The largest absolute Gasteiger partial charge is 0.355 e. The molecular weight excluding hydrogens is 496 g/mol. The molecule has 0 aromatic heterocycles. The molecule has 36 heavy (non-hydrogen) atoms. The van der Waals surface area contributed by atoms with Crippen LogP contribution in [0.25, 0.3) is 0 Å². The Kier molecular flexibility index (Phi) is 9.92. The highest BCUT2D eigenvalue weighted by Gasteiger charge is 2.17. The minimum absolute atomic E-state index is 0.0252. The van der Waals surface area contributed by atoms with Gasteiger partial charge in [0.1, 0.15) is 0 Å². The van der Waals surface area contributed by atoms with Gasteiger partial charge in [-0.3, -0.25) is 14.3 Å². The molecule has 8 nitrogen and oxygen atoms in total. The average Bonchev–Trinajstić information content (AvgIpc) is 2.87. The van der Waals surface area contributed by atoms with E-state index in [1.165, 1.54) is 36.0 Å². The van der Waals surface area contributed by atoms with Gasteiger partial charge in [-0.05, 0) is 75.6 Å². The molecule has 0 atom stereocenters. The van der Waals surface area contributed by atoms with Crippen molar-refractivity contribution >= 4 is 39.3 Å². The van der Waals surface area contributed by atoms with Crippen LogP contribution in [0.2, 0.25) is 0 Å². The smallest absolute Gasteiger partial charge is 0.261 e. The molecule has 3 N–H and O–H groups in total. The number of benzene rings is 3. The first-order chi connectivity index (χ1) is 17.2. The summed E-state index contributed by atoms with van der Waals surface area (Å²) in [7, 11) is 0.0360. The fraction of sp³-hybridized carbons (Fsp3) is 0.231. The van der Waals surface area contributed by atoms with E-state index in [0.29, 0.717) is 12.2 Å². The van der Waals surface area contributed by atoms with E-state index >= 15 is 0 Å². The van der Waals surface area contributed by atoms with E-state index in [1.807, 2.05) is 61.5 Å². The van der Waals surface area contributed by atoms with Crippen LogP contribution in [0.1, 0.15) is 16.8 Å². The Balaban J connectivity index is 1.58. The number of amides is 2. The van der Waals surface area contributed by atoms with E-state index in [4.69, 9.17) is 0 Å². The maximum Gasteiger partial charge on any atom is 0.261 e. The highest BCUT2D eigenvalue weighted by Crippen LogP contribution is 2.34. The first-order valence-corrected chi connectivity index (χ1v) is 13.7. The Morgan fingerprint density at radius 1 is 0.861 bits per heavy atom. The predicted octanol–water partition coefficient (Wildman–Crippen LogP) is 3.44. The molecule has 3 aromatic carbocycles.